The third-order valence-electron chi connectivity index (χ3n) is 5.07. The Kier molecular flexibility index (Phi) is 4.39. The molecule has 8 heteroatoms. The number of aromatic nitrogens is 2. The SMILES string of the molecule is COc1ccccc1-c1ncc2c(n1)N(C(=O)N1CCCC1)C(C=O)N2C. The van der Waals surface area contributed by atoms with Crippen molar-refractivity contribution >= 4 is 23.8 Å². The first-order valence-electron chi connectivity index (χ1n) is 8.92. The van der Waals surface area contributed by atoms with Gasteiger partial charge in [-0.25, -0.2) is 19.7 Å². The minimum atomic E-state index is -0.727. The van der Waals surface area contributed by atoms with Crippen LogP contribution >= 0.6 is 0 Å². The van der Waals surface area contributed by atoms with Gasteiger partial charge in [0.05, 0.1) is 18.9 Å². The van der Waals surface area contributed by atoms with Crippen molar-refractivity contribution < 1.29 is 14.3 Å². The molecular formula is C19H21N5O3. The maximum atomic E-state index is 13.1. The van der Waals surface area contributed by atoms with Crippen LogP contribution in [0.1, 0.15) is 12.8 Å². The molecule has 0 bridgehead atoms. The minimum absolute atomic E-state index is 0.195. The number of likely N-dealkylation sites (tertiary alicyclic amines) is 1. The van der Waals surface area contributed by atoms with Gasteiger partial charge in [0.2, 0.25) is 0 Å². The first kappa shape index (κ1) is 17.3. The van der Waals surface area contributed by atoms with Crippen molar-refractivity contribution in [3.8, 4) is 17.1 Å². The summed E-state index contributed by atoms with van der Waals surface area (Å²) in [5, 5.41) is 0. The Balaban J connectivity index is 1.79. The van der Waals surface area contributed by atoms with Crippen LogP contribution in [-0.2, 0) is 4.79 Å². The molecule has 0 N–H and O–H groups in total. The summed E-state index contributed by atoms with van der Waals surface area (Å²) < 4.78 is 5.40. The molecule has 1 fully saturated rings. The number of methoxy groups -OCH3 is 1. The molecule has 4 rings (SSSR count). The molecule has 2 aliphatic heterocycles. The Morgan fingerprint density at radius 3 is 2.70 bits per heavy atom. The zero-order valence-corrected chi connectivity index (χ0v) is 15.3. The monoisotopic (exact) mass is 367 g/mol. The van der Waals surface area contributed by atoms with Gasteiger partial charge in [0.1, 0.15) is 11.4 Å². The fourth-order valence-electron chi connectivity index (χ4n) is 3.61. The van der Waals surface area contributed by atoms with Crippen molar-refractivity contribution in [1.29, 1.82) is 0 Å². The molecule has 140 valence electrons. The molecule has 0 aliphatic carbocycles. The standard InChI is InChI=1S/C19H21N5O3/c1-22-14-11-20-17(13-7-3-4-8-15(13)27-2)21-18(14)24(16(22)12-25)19(26)23-9-5-6-10-23/h3-4,7-8,11-12,16H,5-6,9-10H2,1-2H3. The molecule has 2 aromatic rings. The molecule has 2 amide bonds. The van der Waals surface area contributed by atoms with Crippen LogP contribution in [0.2, 0.25) is 0 Å². The number of hydrogen-bond acceptors (Lipinski definition) is 6. The zero-order valence-electron chi connectivity index (χ0n) is 15.3. The fraction of sp³-hybridized carbons (Fsp3) is 0.368. The Morgan fingerprint density at radius 1 is 1.26 bits per heavy atom. The normalized spacial score (nSPS) is 18.6. The van der Waals surface area contributed by atoms with Crippen LogP contribution in [-0.4, -0.2) is 60.6 Å². The van der Waals surface area contributed by atoms with Crippen molar-refractivity contribution in [3.05, 3.63) is 30.5 Å². The predicted octanol–water partition coefficient (Wildman–Crippen LogP) is 2.15. The minimum Gasteiger partial charge on any atom is -0.496 e. The lowest BCUT2D eigenvalue weighted by molar-refractivity contribution is -0.108. The van der Waals surface area contributed by atoms with E-state index >= 15 is 0 Å². The molecule has 8 nitrogen and oxygen atoms in total. The van der Waals surface area contributed by atoms with Crippen LogP contribution in [0.15, 0.2) is 30.5 Å². The highest BCUT2D eigenvalue weighted by atomic mass is 16.5. The molecule has 1 aromatic heterocycles. The molecule has 1 aromatic carbocycles. The average Bonchev–Trinajstić information content (AvgIpc) is 3.34. The van der Waals surface area contributed by atoms with Gasteiger partial charge >= 0.3 is 6.03 Å². The molecule has 1 unspecified atom stereocenters. The van der Waals surface area contributed by atoms with E-state index in [0.29, 0.717) is 36.2 Å². The number of para-hydroxylation sites is 1. The molecule has 3 heterocycles. The molecular weight excluding hydrogens is 346 g/mol. The third kappa shape index (κ3) is 2.77. The predicted molar refractivity (Wildman–Crippen MR) is 101 cm³/mol. The number of urea groups is 1. The molecule has 0 spiro atoms. The number of likely N-dealkylation sites (N-methyl/N-ethyl adjacent to an activating group) is 1. The first-order chi connectivity index (χ1) is 13.2. The summed E-state index contributed by atoms with van der Waals surface area (Å²) >= 11 is 0. The van der Waals surface area contributed by atoms with E-state index < -0.39 is 6.17 Å². The second kappa shape index (κ2) is 6.86. The number of aldehydes is 1. The third-order valence-corrected chi connectivity index (χ3v) is 5.07. The van der Waals surface area contributed by atoms with E-state index in [2.05, 4.69) is 9.97 Å². The van der Waals surface area contributed by atoms with E-state index in [1.54, 1.807) is 30.2 Å². The second-order valence-corrected chi connectivity index (χ2v) is 6.61. The maximum Gasteiger partial charge on any atom is 0.327 e. The van der Waals surface area contributed by atoms with Gasteiger partial charge in [-0.15, -0.1) is 0 Å². The highest BCUT2D eigenvalue weighted by Crippen LogP contribution is 2.39. The van der Waals surface area contributed by atoms with E-state index in [-0.39, 0.29) is 6.03 Å². The van der Waals surface area contributed by atoms with Gasteiger partial charge < -0.3 is 14.5 Å². The summed E-state index contributed by atoms with van der Waals surface area (Å²) in [5.41, 5.74) is 1.38. The molecule has 1 atom stereocenters. The summed E-state index contributed by atoms with van der Waals surface area (Å²) in [6.07, 6.45) is 3.64. The van der Waals surface area contributed by atoms with E-state index in [1.807, 2.05) is 24.3 Å². The van der Waals surface area contributed by atoms with Crippen molar-refractivity contribution in [2.75, 3.05) is 37.0 Å². The van der Waals surface area contributed by atoms with Crippen LogP contribution in [0.5, 0.6) is 5.75 Å². The fourth-order valence-corrected chi connectivity index (χ4v) is 3.61. The Bertz CT molecular complexity index is 881. The summed E-state index contributed by atoms with van der Waals surface area (Å²) in [5.74, 6) is 1.54. The number of fused-ring (bicyclic) bond motifs is 1. The number of hydrogen-bond donors (Lipinski definition) is 0. The lowest BCUT2D eigenvalue weighted by atomic mass is 10.2. The molecule has 2 aliphatic rings. The lowest BCUT2D eigenvalue weighted by Gasteiger charge is -2.28. The van der Waals surface area contributed by atoms with Gasteiger partial charge in [0, 0.05) is 20.1 Å². The molecule has 27 heavy (non-hydrogen) atoms. The van der Waals surface area contributed by atoms with Crippen molar-refractivity contribution in [1.82, 2.24) is 14.9 Å². The van der Waals surface area contributed by atoms with Crippen LogP contribution in [0, 0.1) is 0 Å². The number of anilines is 2. The topological polar surface area (TPSA) is 78.9 Å². The van der Waals surface area contributed by atoms with Crippen molar-refractivity contribution in [2.24, 2.45) is 0 Å². The van der Waals surface area contributed by atoms with Gasteiger partial charge in [-0.2, -0.15) is 0 Å². The first-order valence-corrected chi connectivity index (χ1v) is 8.92. The van der Waals surface area contributed by atoms with Gasteiger partial charge in [0.25, 0.3) is 0 Å². The Morgan fingerprint density at radius 2 is 2.00 bits per heavy atom. The van der Waals surface area contributed by atoms with Crippen molar-refractivity contribution in [2.45, 2.75) is 19.0 Å². The molecule has 0 saturated carbocycles. The summed E-state index contributed by atoms with van der Waals surface area (Å²) in [7, 11) is 3.35. The highest BCUT2D eigenvalue weighted by Gasteiger charge is 2.41. The van der Waals surface area contributed by atoms with Gasteiger partial charge in [0.15, 0.2) is 24.1 Å². The average molecular weight is 367 g/mol. The lowest BCUT2D eigenvalue weighted by Crippen LogP contribution is -2.51. The number of amides is 2. The number of rotatable bonds is 3. The summed E-state index contributed by atoms with van der Waals surface area (Å²) in [6.45, 7) is 1.40. The van der Waals surface area contributed by atoms with Crippen LogP contribution in [0.3, 0.4) is 0 Å². The quantitative estimate of drug-likeness (QED) is 0.774. The van der Waals surface area contributed by atoms with Crippen molar-refractivity contribution in [3.63, 3.8) is 0 Å². The van der Waals surface area contributed by atoms with Gasteiger partial charge in [-0.05, 0) is 25.0 Å². The number of benzene rings is 1. The number of nitrogens with zero attached hydrogens (tertiary/aromatic N) is 5. The zero-order chi connectivity index (χ0) is 19.0. The van der Waals surface area contributed by atoms with E-state index in [9.17, 15) is 9.59 Å². The summed E-state index contributed by atoms with van der Waals surface area (Å²) in [4.78, 5) is 38.9. The van der Waals surface area contributed by atoms with Gasteiger partial charge in [-0.3, -0.25) is 4.79 Å². The Hall–Kier alpha value is -3.16. The van der Waals surface area contributed by atoms with Crippen LogP contribution < -0.4 is 14.5 Å². The van der Waals surface area contributed by atoms with Crippen LogP contribution in [0.25, 0.3) is 11.4 Å². The van der Waals surface area contributed by atoms with E-state index in [0.717, 1.165) is 24.7 Å². The van der Waals surface area contributed by atoms with Crippen LogP contribution in [0.4, 0.5) is 16.3 Å². The number of ether oxygens (including phenoxy) is 1. The molecule has 1 saturated heterocycles. The number of carbonyl (C=O) groups excluding carboxylic acids is 2. The van der Waals surface area contributed by atoms with Gasteiger partial charge in [-0.1, -0.05) is 12.1 Å². The number of carbonyl (C=O) groups is 2. The van der Waals surface area contributed by atoms with E-state index in [1.165, 1.54) is 4.90 Å². The highest BCUT2D eigenvalue weighted by molar-refractivity contribution is 6.02. The second-order valence-electron chi connectivity index (χ2n) is 6.61. The largest absolute Gasteiger partial charge is 0.496 e. The Labute approximate surface area is 157 Å². The van der Waals surface area contributed by atoms with E-state index in [4.69, 9.17) is 4.74 Å². The molecule has 0 radical (unpaired) electrons. The summed E-state index contributed by atoms with van der Waals surface area (Å²) in [6, 6.07) is 7.25. The maximum absolute atomic E-state index is 13.1. The smallest absolute Gasteiger partial charge is 0.327 e.